The van der Waals surface area contributed by atoms with E-state index in [1.807, 2.05) is 13.1 Å². The van der Waals surface area contributed by atoms with Crippen molar-refractivity contribution >= 4 is 11.8 Å². The molecule has 0 spiro atoms. The summed E-state index contributed by atoms with van der Waals surface area (Å²) in [7, 11) is 0. The minimum absolute atomic E-state index is 0.0000172. The Labute approximate surface area is 143 Å². The molecule has 1 atom stereocenters. The van der Waals surface area contributed by atoms with Gasteiger partial charge < -0.3 is 14.7 Å². The molecule has 0 saturated carbocycles. The molecule has 134 valence electrons. The van der Waals surface area contributed by atoms with E-state index in [1.54, 1.807) is 22.7 Å². The molecule has 0 aromatic carbocycles. The van der Waals surface area contributed by atoms with Crippen LogP contribution in [0, 0.1) is 19.8 Å². The second kappa shape index (κ2) is 6.96. The second-order valence-corrected chi connectivity index (χ2v) is 6.38. The minimum atomic E-state index is -0.534. The Hall–Kier alpha value is -2.84. The van der Waals surface area contributed by atoms with Gasteiger partial charge in [-0.3, -0.25) is 19.1 Å². The highest BCUT2D eigenvalue weighted by Gasteiger charge is 2.27. The third-order valence-corrected chi connectivity index (χ3v) is 4.35. The predicted molar refractivity (Wildman–Crippen MR) is 88.0 cm³/mol. The van der Waals surface area contributed by atoms with Gasteiger partial charge in [-0.2, -0.15) is 10.3 Å². The van der Waals surface area contributed by atoms with Crippen LogP contribution in [-0.2, 0) is 11.3 Å². The lowest BCUT2D eigenvalue weighted by Crippen LogP contribution is -2.35. The van der Waals surface area contributed by atoms with E-state index in [0.29, 0.717) is 19.6 Å². The number of amides is 2. The van der Waals surface area contributed by atoms with Crippen molar-refractivity contribution in [2.45, 2.75) is 26.8 Å². The molecule has 2 amide bonds. The number of aryl methyl sites for hydroxylation is 2. The summed E-state index contributed by atoms with van der Waals surface area (Å²) in [5.41, 5.74) is 0.479. The molecule has 3 rings (SSSR count). The van der Waals surface area contributed by atoms with Gasteiger partial charge in [-0.05, 0) is 31.7 Å². The first-order valence-electron chi connectivity index (χ1n) is 8.17. The van der Waals surface area contributed by atoms with E-state index in [9.17, 15) is 14.4 Å². The number of nitrogens with zero attached hydrogens (tertiary/aromatic N) is 3. The zero-order valence-corrected chi connectivity index (χ0v) is 14.2. The minimum Gasteiger partial charge on any atom is -0.383 e. The smallest absolute Gasteiger partial charge is 0.293 e. The second-order valence-electron chi connectivity index (χ2n) is 6.38. The Morgan fingerprint density at radius 1 is 1.44 bits per heavy atom. The topological polar surface area (TPSA) is 113 Å². The zero-order valence-electron chi connectivity index (χ0n) is 14.2. The maximum Gasteiger partial charge on any atom is 0.293 e. The third kappa shape index (κ3) is 3.81. The van der Waals surface area contributed by atoms with Crippen molar-refractivity contribution in [1.29, 1.82) is 0 Å². The highest BCUT2D eigenvalue weighted by Crippen LogP contribution is 2.16. The van der Waals surface area contributed by atoms with Crippen LogP contribution in [-0.4, -0.2) is 51.3 Å². The van der Waals surface area contributed by atoms with Crippen LogP contribution in [0.5, 0.6) is 0 Å². The summed E-state index contributed by atoms with van der Waals surface area (Å²) < 4.78 is 6.46. The molecule has 2 aromatic rings. The van der Waals surface area contributed by atoms with Crippen LogP contribution in [0.1, 0.15) is 28.1 Å². The molecule has 1 aliphatic rings. The summed E-state index contributed by atoms with van der Waals surface area (Å²) in [5.74, 6) is -0.0119. The maximum atomic E-state index is 12.3. The van der Waals surface area contributed by atoms with Crippen molar-refractivity contribution in [1.82, 2.24) is 25.2 Å². The molecule has 1 saturated heterocycles. The standard InChI is InChI=1S/C16H21N5O4/c1-10-5-18-21(7-10)9-13(22)20-4-3-12(8-20)6-17-15(23)14-11(2)25-19-16(14)24/h5,7,12H,3-4,6,8-9H2,1-2H3,(H,17,23)(H,19,24). The van der Waals surface area contributed by atoms with Crippen molar-refractivity contribution in [2.75, 3.05) is 19.6 Å². The van der Waals surface area contributed by atoms with Gasteiger partial charge in [0.1, 0.15) is 17.9 Å². The van der Waals surface area contributed by atoms with E-state index in [0.717, 1.165) is 12.0 Å². The van der Waals surface area contributed by atoms with Crippen molar-refractivity contribution in [2.24, 2.45) is 5.92 Å². The van der Waals surface area contributed by atoms with Crippen molar-refractivity contribution in [3.05, 3.63) is 39.6 Å². The molecule has 0 bridgehead atoms. The van der Waals surface area contributed by atoms with E-state index in [2.05, 4.69) is 15.6 Å². The molecular weight excluding hydrogens is 326 g/mol. The number of carbonyl (C=O) groups excluding carboxylic acids is 2. The van der Waals surface area contributed by atoms with E-state index in [1.165, 1.54) is 0 Å². The summed E-state index contributed by atoms with van der Waals surface area (Å²) in [4.78, 5) is 37.7. The normalized spacial score (nSPS) is 17.0. The van der Waals surface area contributed by atoms with Gasteiger partial charge in [-0.15, -0.1) is 0 Å². The van der Waals surface area contributed by atoms with E-state index in [-0.39, 0.29) is 29.7 Å². The number of H-pyrrole nitrogens is 1. The number of carbonyl (C=O) groups is 2. The van der Waals surface area contributed by atoms with Gasteiger partial charge >= 0.3 is 0 Å². The lowest BCUT2D eigenvalue weighted by molar-refractivity contribution is -0.131. The summed E-state index contributed by atoms with van der Waals surface area (Å²) in [6.45, 7) is 5.35. The van der Waals surface area contributed by atoms with Gasteiger partial charge in [-0.1, -0.05) is 0 Å². The van der Waals surface area contributed by atoms with Gasteiger partial charge in [0.15, 0.2) is 0 Å². The number of rotatable bonds is 5. The largest absolute Gasteiger partial charge is 0.383 e. The molecule has 25 heavy (non-hydrogen) atoms. The van der Waals surface area contributed by atoms with Crippen LogP contribution < -0.4 is 10.9 Å². The van der Waals surface area contributed by atoms with E-state index >= 15 is 0 Å². The quantitative estimate of drug-likeness (QED) is 0.794. The molecule has 1 unspecified atom stereocenters. The fraction of sp³-hybridized carbons (Fsp3) is 0.500. The number of likely N-dealkylation sites (tertiary alicyclic amines) is 1. The number of hydrogen-bond donors (Lipinski definition) is 2. The molecular formula is C16H21N5O4. The van der Waals surface area contributed by atoms with Crippen molar-refractivity contribution in [3.8, 4) is 0 Å². The van der Waals surface area contributed by atoms with Crippen LogP contribution in [0.15, 0.2) is 21.7 Å². The Morgan fingerprint density at radius 2 is 2.24 bits per heavy atom. The first-order valence-corrected chi connectivity index (χ1v) is 8.17. The molecule has 3 heterocycles. The maximum absolute atomic E-state index is 12.3. The SMILES string of the molecule is Cc1cnn(CC(=O)N2CCC(CNC(=O)c3c(C)o[nH]c3=O)C2)c1. The fourth-order valence-corrected chi connectivity index (χ4v) is 2.99. The summed E-state index contributed by atoms with van der Waals surface area (Å²) in [6, 6.07) is 0. The highest BCUT2D eigenvalue weighted by molar-refractivity contribution is 5.94. The van der Waals surface area contributed by atoms with Gasteiger partial charge in [0, 0.05) is 25.8 Å². The lowest BCUT2D eigenvalue weighted by atomic mass is 10.1. The van der Waals surface area contributed by atoms with Crippen LogP contribution >= 0.6 is 0 Å². The Morgan fingerprint density at radius 3 is 2.88 bits per heavy atom. The Balaban J connectivity index is 1.49. The van der Waals surface area contributed by atoms with Crippen LogP contribution in [0.2, 0.25) is 0 Å². The first-order chi connectivity index (χ1) is 11.9. The summed E-state index contributed by atoms with van der Waals surface area (Å²) >= 11 is 0. The Kier molecular flexibility index (Phi) is 4.73. The van der Waals surface area contributed by atoms with E-state index < -0.39 is 11.5 Å². The zero-order chi connectivity index (χ0) is 18.0. The van der Waals surface area contributed by atoms with Crippen LogP contribution in [0.4, 0.5) is 0 Å². The van der Waals surface area contributed by atoms with Gasteiger partial charge in [0.25, 0.3) is 11.5 Å². The number of aromatic amines is 1. The van der Waals surface area contributed by atoms with Crippen molar-refractivity contribution in [3.63, 3.8) is 0 Å². The lowest BCUT2D eigenvalue weighted by Gasteiger charge is -2.16. The highest BCUT2D eigenvalue weighted by atomic mass is 16.5. The predicted octanol–water partition coefficient (Wildman–Crippen LogP) is 0.0597. The van der Waals surface area contributed by atoms with Crippen LogP contribution in [0.3, 0.4) is 0 Å². The van der Waals surface area contributed by atoms with Crippen LogP contribution in [0.25, 0.3) is 0 Å². The number of hydrogen-bond acceptors (Lipinski definition) is 5. The Bertz CT molecular complexity index is 834. The monoisotopic (exact) mass is 347 g/mol. The number of nitrogens with one attached hydrogen (secondary N) is 2. The van der Waals surface area contributed by atoms with E-state index in [4.69, 9.17) is 4.52 Å². The van der Waals surface area contributed by atoms with Crippen molar-refractivity contribution < 1.29 is 14.1 Å². The molecule has 1 aliphatic heterocycles. The van der Waals surface area contributed by atoms with Gasteiger partial charge in [-0.25, -0.2) is 0 Å². The number of aromatic nitrogens is 3. The molecule has 2 N–H and O–H groups in total. The molecule has 0 radical (unpaired) electrons. The summed E-state index contributed by atoms with van der Waals surface area (Å²) in [5, 5.41) is 9.01. The third-order valence-electron chi connectivity index (χ3n) is 4.35. The fourth-order valence-electron chi connectivity index (χ4n) is 2.99. The van der Waals surface area contributed by atoms with Gasteiger partial charge in [0.05, 0.1) is 6.20 Å². The molecule has 0 aliphatic carbocycles. The molecule has 9 nitrogen and oxygen atoms in total. The summed E-state index contributed by atoms with van der Waals surface area (Å²) in [6.07, 6.45) is 4.36. The van der Waals surface area contributed by atoms with Gasteiger partial charge in [0.2, 0.25) is 5.91 Å². The molecule has 1 fully saturated rings. The molecule has 9 heteroatoms. The molecule has 2 aromatic heterocycles. The average molecular weight is 347 g/mol. The average Bonchev–Trinajstić information content (AvgIpc) is 3.27. The first kappa shape index (κ1) is 17.0.